The van der Waals surface area contributed by atoms with Crippen LogP contribution in [0.1, 0.15) is 41.5 Å². The summed E-state index contributed by atoms with van der Waals surface area (Å²) in [6.07, 6.45) is 1.69. The third kappa shape index (κ3) is 5.06. The van der Waals surface area contributed by atoms with Crippen molar-refractivity contribution in [1.29, 1.82) is 0 Å². The van der Waals surface area contributed by atoms with Gasteiger partial charge in [-0.15, -0.1) is 0 Å². The molecule has 1 aliphatic heterocycles. The van der Waals surface area contributed by atoms with Gasteiger partial charge >= 0.3 is 0 Å². The first-order valence-corrected chi connectivity index (χ1v) is 11.3. The molecule has 0 bridgehead atoms. The quantitative estimate of drug-likeness (QED) is 0.692. The Morgan fingerprint density at radius 3 is 2.30 bits per heavy atom. The van der Waals surface area contributed by atoms with E-state index >= 15 is 0 Å². The molecule has 0 unspecified atom stereocenters. The fourth-order valence-corrected chi connectivity index (χ4v) is 4.83. The Kier molecular flexibility index (Phi) is 6.57. The van der Waals surface area contributed by atoms with Crippen molar-refractivity contribution in [3.05, 3.63) is 47.3 Å². The topological polar surface area (TPSA) is 113 Å². The van der Waals surface area contributed by atoms with Crippen molar-refractivity contribution in [2.75, 3.05) is 13.1 Å². The van der Waals surface area contributed by atoms with Crippen molar-refractivity contribution >= 4 is 21.8 Å². The maximum atomic E-state index is 12.8. The summed E-state index contributed by atoms with van der Waals surface area (Å²) in [5.41, 5.74) is 6.56. The van der Waals surface area contributed by atoms with Crippen molar-refractivity contribution in [2.45, 2.75) is 45.1 Å². The van der Waals surface area contributed by atoms with Crippen molar-refractivity contribution in [3.63, 3.8) is 0 Å². The van der Waals surface area contributed by atoms with Gasteiger partial charge in [-0.25, -0.2) is 8.42 Å². The summed E-state index contributed by atoms with van der Waals surface area (Å²) in [5.74, 6) is -0.431. The molecule has 0 aliphatic carbocycles. The molecule has 2 heterocycles. The highest BCUT2D eigenvalue weighted by atomic mass is 32.2. The molecule has 30 heavy (non-hydrogen) atoms. The van der Waals surface area contributed by atoms with E-state index in [1.807, 2.05) is 19.9 Å². The maximum absolute atomic E-state index is 12.8. The molecule has 0 atom stereocenters. The van der Waals surface area contributed by atoms with Crippen molar-refractivity contribution < 1.29 is 18.0 Å². The van der Waals surface area contributed by atoms with Crippen molar-refractivity contribution in [1.82, 2.24) is 24.9 Å². The average molecular weight is 434 g/mol. The van der Waals surface area contributed by atoms with Crippen molar-refractivity contribution in [2.24, 2.45) is 5.92 Å². The Labute approximate surface area is 176 Å². The third-order valence-electron chi connectivity index (χ3n) is 5.21. The van der Waals surface area contributed by atoms with Gasteiger partial charge in [0.1, 0.15) is 6.54 Å². The molecule has 1 saturated heterocycles. The van der Waals surface area contributed by atoms with E-state index in [0.29, 0.717) is 19.0 Å². The number of amides is 2. The van der Waals surface area contributed by atoms with Gasteiger partial charge in [0.05, 0.1) is 10.6 Å². The molecular weight excluding hydrogens is 406 g/mol. The van der Waals surface area contributed by atoms with Gasteiger partial charge in [0.25, 0.3) is 11.8 Å². The SMILES string of the molecule is Cc1cc(C)n(CC(=O)NNC(=O)c2ccc(S(=O)(=O)N3CCC(C)CC3)cc2)n1. The average Bonchev–Trinajstić information content (AvgIpc) is 3.03. The highest BCUT2D eigenvalue weighted by Gasteiger charge is 2.28. The smallest absolute Gasteiger partial charge is 0.269 e. The van der Waals surface area contributed by atoms with Crippen LogP contribution >= 0.6 is 0 Å². The minimum Gasteiger partial charge on any atom is -0.271 e. The second kappa shape index (κ2) is 8.97. The first-order chi connectivity index (χ1) is 14.2. The minimum atomic E-state index is -3.57. The highest BCUT2D eigenvalue weighted by molar-refractivity contribution is 7.89. The summed E-state index contributed by atoms with van der Waals surface area (Å²) in [6, 6.07) is 7.55. The van der Waals surface area contributed by atoms with E-state index in [9.17, 15) is 18.0 Å². The Balaban J connectivity index is 1.57. The van der Waals surface area contributed by atoms with Gasteiger partial charge in [0, 0.05) is 24.3 Å². The van der Waals surface area contributed by atoms with E-state index in [0.717, 1.165) is 24.2 Å². The summed E-state index contributed by atoms with van der Waals surface area (Å²) in [7, 11) is -3.57. The lowest BCUT2D eigenvalue weighted by Gasteiger charge is -2.29. The monoisotopic (exact) mass is 433 g/mol. The molecule has 1 fully saturated rings. The van der Waals surface area contributed by atoms with Gasteiger partial charge in [-0.3, -0.25) is 25.1 Å². The molecule has 1 aromatic heterocycles. The molecule has 0 spiro atoms. The number of hydrogen-bond acceptors (Lipinski definition) is 5. The van der Waals surface area contributed by atoms with Crippen LogP contribution in [0.15, 0.2) is 35.2 Å². The van der Waals surface area contributed by atoms with Crippen LogP contribution in [-0.4, -0.2) is 47.4 Å². The predicted octanol–water partition coefficient (Wildman–Crippen LogP) is 1.38. The van der Waals surface area contributed by atoms with Crippen LogP contribution in [0.25, 0.3) is 0 Å². The van der Waals surface area contributed by atoms with Gasteiger partial charge < -0.3 is 0 Å². The lowest BCUT2D eigenvalue weighted by molar-refractivity contribution is -0.122. The minimum absolute atomic E-state index is 0.0222. The van der Waals surface area contributed by atoms with Crippen LogP contribution < -0.4 is 10.9 Å². The molecule has 10 heteroatoms. The van der Waals surface area contributed by atoms with E-state index < -0.39 is 21.8 Å². The van der Waals surface area contributed by atoms with Gasteiger partial charge in [0.2, 0.25) is 10.0 Å². The Morgan fingerprint density at radius 1 is 1.10 bits per heavy atom. The molecule has 162 valence electrons. The Hall–Kier alpha value is -2.72. The molecule has 9 nitrogen and oxygen atoms in total. The number of piperidine rings is 1. The number of nitrogens with one attached hydrogen (secondary N) is 2. The second-order valence-electron chi connectivity index (χ2n) is 7.70. The predicted molar refractivity (Wildman–Crippen MR) is 111 cm³/mol. The lowest BCUT2D eigenvalue weighted by atomic mass is 10.0. The fourth-order valence-electron chi connectivity index (χ4n) is 3.36. The number of carbonyl (C=O) groups is 2. The summed E-state index contributed by atoms with van der Waals surface area (Å²) in [4.78, 5) is 24.4. The summed E-state index contributed by atoms with van der Waals surface area (Å²) >= 11 is 0. The van der Waals surface area contributed by atoms with Crippen LogP contribution in [0.5, 0.6) is 0 Å². The van der Waals surface area contributed by atoms with Crippen molar-refractivity contribution in [3.8, 4) is 0 Å². The number of benzene rings is 1. The molecular formula is C20H27N5O4S. The molecule has 1 aliphatic rings. The first kappa shape index (κ1) is 22.0. The molecule has 2 N–H and O–H groups in total. The molecule has 2 amide bonds. The molecule has 3 rings (SSSR count). The van der Waals surface area contributed by atoms with Gasteiger partial charge in [-0.05, 0) is 62.9 Å². The van der Waals surface area contributed by atoms with Gasteiger partial charge in [0.15, 0.2) is 0 Å². The zero-order valence-electron chi connectivity index (χ0n) is 17.4. The largest absolute Gasteiger partial charge is 0.271 e. The van der Waals surface area contributed by atoms with E-state index in [-0.39, 0.29) is 17.0 Å². The van der Waals surface area contributed by atoms with E-state index in [2.05, 4.69) is 22.9 Å². The normalized spacial score (nSPS) is 15.7. The number of aromatic nitrogens is 2. The zero-order chi connectivity index (χ0) is 21.9. The van der Waals surface area contributed by atoms with Crippen LogP contribution in [0.4, 0.5) is 0 Å². The lowest BCUT2D eigenvalue weighted by Crippen LogP contribution is -2.43. The number of sulfonamides is 1. The third-order valence-corrected chi connectivity index (χ3v) is 7.12. The maximum Gasteiger partial charge on any atom is 0.269 e. The number of hydrazine groups is 1. The van der Waals surface area contributed by atoms with Gasteiger partial charge in [-0.2, -0.15) is 9.40 Å². The number of rotatable bonds is 5. The Bertz CT molecular complexity index is 1020. The summed E-state index contributed by atoms with van der Waals surface area (Å²) < 4.78 is 28.5. The Morgan fingerprint density at radius 2 is 1.73 bits per heavy atom. The van der Waals surface area contributed by atoms with E-state index in [1.165, 1.54) is 33.3 Å². The van der Waals surface area contributed by atoms with Crippen LogP contribution in [0.3, 0.4) is 0 Å². The molecule has 0 radical (unpaired) electrons. The molecule has 0 saturated carbocycles. The van der Waals surface area contributed by atoms with E-state index in [4.69, 9.17) is 0 Å². The highest BCUT2D eigenvalue weighted by Crippen LogP contribution is 2.23. The number of carbonyl (C=O) groups excluding carboxylic acids is 2. The first-order valence-electron chi connectivity index (χ1n) is 9.87. The van der Waals surface area contributed by atoms with Crippen LogP contribution in [0, 0.1) is 19.8 Å². The number of nitrogens with zero attached hydrogens (tertiary/aromatic N) is 3. The van der Waals surface area contributed by atoms with Gasteiger partial charge in [-0.1, -0.05) is 6.92 Å². The second-order valence-corrected chi connectivity index (χ2v) is 9.64. The molecule has 2 aromatic rings. The van der Waals surface area contributed by atoms with E-state index in [1.54, 1.807) is 0 Å². The summed E-state index contributed by atoms with van der Waals surface area (Å²) in [5, 5.41) is 4.19. The zero-order valence-corrected chi connectivity index (χ0v) is 18.2. The number of aryl methyl sites for hydroxylation is 2. The number of hydrogen-bond donors (Lipinski definition) is 2. The standard InChI is InChI=1S/C20H27N5O4S/c1-14-8-10-24(11-9-14)30(28,29)18-6-4-17(5-7-18)20(27)22-21-19(26)13-25-16(3)12-15(2)23-25/h4-7,12,14H,8-11,13H2,1-3H3,(H,21,26)(H,22,27). The van der Waals surface area contributed by atoms with Crippen LogP contribution in [-0.2, 0) is 21.4 Å². The molecule has 1 aromatic carbocycles. The fraction of sp³-hybridized carbons (Fsp3) is 0.450. The van der Waals surface area contributed by atoms with Crippen LogP contribution in [0.2, 0.25) is 0 Å². The summed E-state index contributed by atoms with van der Waals surface area (Å²) in [6.45, 7) is 6.78.